The first-order valence-electron chi connectivity index (χ1n) is 3.97. The predicted octanol–water partition coefficient (Wildman–Crippen LogP) is -1.52. The van der Waals surface area contributed by atoms with Crippen molar-refractivity contribution in [1.29, 1.82) is 0 Å². The summed E-state index contributed by atoms with van der Waals surface area (Å²) in [6.07, 6.45) is 0.0538. The van der Waals surface area contributed by atoms with E-state index in [1.807, 2.05) is 0 Å². The summed E-state index contributed by atoms with van der Waals surface area (Å²) < 4.78 is 10.3. The van der Waals surface area contributed by atoms with Crippen molar-refractivity contribution in [2.24, 2.45) is 5.73 Å². The van der Waals surface area contributed by atoms with E-state index in [2.05, 4.69) is 5.32 Å². The van der Waals surface area contributed by atoms with Gasteiger partial charge in [-0.15, -0.1) is 0 Å². The third kappa shape index (κ3) is 3.66. The van der Waals surface area contributed by atoms with Crippen LogP contribution in [0, 0.1) is 0 Å². The minimum atomic E-state index is -0.446. The zero-order valence-electron chi connectivity index (χ0n) is 6.91. The standard InChI is InChI=1S/C7H14N2O3/c8-7(10)5-11-4-6-3-9-1-2-12-6/h6,9H,1-5H2,(H2,8,10). The van der Waals surface area contributed by atoms with E-state index in [0.717, 1.165) is 13.1 Å². The van der Waals surface area contributed by atoms with E-state index in [0.29, 0.717) is 13.2 Å². The van der Waals surface area contributed by atoms with E-state index in [1.54, 1.807) is 0 Å². The molecule has 0 aromatic heterocycles. The maximum absolute atomic E-state index is 10.3. The molecule has 70 valence electrons. The summed E-state index contributed by atoms with van der Waals surface area (Å²) in [5.74, 6) is -0.446. The van der Waals surface area contributed by atoms with Gasteiger partial charge in [-0.05, 0) is 0 Å². The number of primary amides is 1. The molecule has 5 heteroatoms. The van der Waals surface area contributed by atoms with Crippen molar-refractivity contribution in [3.8, 4) is 0 Å². The first-order chi connectivity index (χ1) is 5.79. The number of carbonyl (C=O) groups excluding carboxylic acids is 1. The number of hydrogen-bond donors (Lipinski definition) is 2. The van der Waals surface area contributed by atoms with E-state index < -0.39 is 5.91 Å². The quantitative estimate of drug-likeness (QED) is 0.542. The van der Waals surface area contributed by atoms with Crippen LogP contribution in [0.5, 0.6) is 0 Å². The molecule has 1 unspecified atom stereocenters. The third-order valence-electron chi connectivity index (χ3n) is 1.55. The minimum Gasteiger partial charge on any atom is -0.373 e. The van der Waals surface area contributed by atoms with Crippen LogP contribution in [0.1, 0.15) is 0 Å². The molecule has 0 aliphatic carbocycles. The average Bonchev–Trinajstić information content (AvgIpc) is 2.05. The van der Waals surface area contributed by atoms with Gasteiger partial charge in [0.05, 0.1) is 19.3 Å². The van der Waals surface area contributed by atoms with Crippen LogP contribution < -0.4 is 11.1 Å². The van der Waals surface area contributed by atoms with Crippen molar-refractivity contribution >= 4 is 5.91 Å². The third-order valence-corrected chi connectivity index (χ3v) is 1.55. The number of hydrogen-bond acceptors (Lipinski definition) is 4. The number of amides is 1. The predicted molar refractivity (Wildman–Crippen MR) is 42.6 cm³/mol. The van der Waals surface area contributed by atoms with Crippen molar-refractivity contribution in [3.63, 3.8) is 0 Å². The fraction of sp³-hybridized carbons (Fsp3) is 0.857. The lowest BCUT2D eigenvalue weighted by atomic mass is 10.3. The first-order valence-corrected chi connectivity index (χ1v) is 3.97. The molecule has 0 aromatic carbocycles. The highest BCUT2D eigenvalue weighted by Gasteiger charge is 2.13. The molecule has 0 radical (unpaired) electrons. The average molecular weight is 174 g/mol. The molecule has 1 saturated heterocycles. The lowest BCUT2D eigenvalue weighted by molar-refractivity contribution is -0.124. The summed E-state index contributed by atoms with van der Waals surface area (Å²) >= 11 is 0. The molecule has 1 atom stereocenters. The summed E-state index contributed by atoms with van der Waals surface area (Å²) in [4.78, 5) is 10.3. The molecule has 1 aliphatic rings. The highest BCUT2D eigenvalue weighted by Crippen LogP contribution is 1.95. The Balaban J connectivity index is 2.01. The van der Waals surface area contributed by atoms with E-state index >= 15 is 0 Å². The molecule has 0 aromatic rings. The molecule has 1 aliphatic heterocycles. The van der Waals surface area contributed by atoms with Crippen LogP contribution in [0.15, 0.2) is 0 Å². The van der Waals surface area contributed by atoms with Crippen LogP contribution in [-0.4, -0.2) is 44.9 Å². The van der Waals surface area contributed by atoms with Crippen LogP contribution in [0.25, 0.3) is 0 Å². The Labute approximate surface area is 71.2 Å². The van der Waals surface area contributed by atoms with Gasteiger partial charge in [0.1, 0.15) is 6.61 Å². The van der Waals surface area contributed by atoms with Crippen molar-refractivity contribution in [2.75, 3.05) is 32.9 Å². The Morgan fingerprint density at radius 3 is 3.17 bits per heavy atom. The summed E-state index contributed by atoms with van der Waals surface area (Å²) in [6.45, 7) is 2.76. The highest BCUT2D eigenvalue weighted by molar-refractivity contribution is 5.74. The van der Waals surface area contributed by atoms with Crippen LogP contribution in [0.3, 0.4) is 0 Å². The molecular formula is C7H14N2O3. The van der Waals surface area contributed by atoms with Crippen LogP contribution >= 0.6 is 0 Å². The maximum Gasteiger partial charge on any atom is 0.243 e. The van der Waals surface area contributed by atoms with Gasteiger partial charge >= 0.3 is 0 Å². The summed E-state index contributed by atoms with van der Waals surface area (Å²) in [7, 11) is 0. The summed E-state index contributed by atoms with van der Waals surface area (Å²) in [6, 6.07) is 0. The normalized spacial score (nSPS) is 23.8. The molecule has 0 spiro atoms. The molecule has 0 saturated carbocycles. The second kappa shape index (κ2) is 5.08. The van der Waals surface area contributed by atoms with Gasteiger partial charge in [0.2, 0.25) is 5.91 Å². The minimum absolute atomic E-state index is 0.0279. The van der Waals surface area contributed by atoms with Crippen molar-refractivity contribution in [1.82, 2.24) is 5.32 Å². The van der Waals surface area contributed by atoms with E-state index in [1.165, 1.54) is 0 Å². The number of carbonyl (C=O) groups is 1. The van der Waals surface area contributed by atoms with Gasteiger partial charge in [0.15, 0.2) is 0 Å². The summed E-state index contributed by atoms with van der Waals surface area (Å²) in [5, 5.41) is 3.15. The molecule has 0 bridgehead atoms. The Hall–Kier alpha value is -0.650. The molecule has 1 fully saturated rings. The van der Waals surface area contributed by atoms with Crippen molar-refractivity contribution < 1.29 is 14.3 Å². The van der Waals surface area contributed by atoms with Crippen LogP contribution in [0.2, 0.25) is 0 Å². The molecule has 3 N–H and O–H groups in total. The first kappa shape index (κ1) is 9.44. The lowest BCUT2D eigenvalue weighted by Gasteiger charge is -2.22. The largest absolute Gasteiger partial charge is 0.373 e. The maximum atomic E-state index is 10.3. The van der Waals surface area contributed by atoms with E-state index in [9.17, 15) is 4.79 Å². The van der Waals surface area contributed by atoms with Crippen LogP contribution in [-0.2, 0) is 14.3 Å². The Morgan fingerprint density at radius 1 is 1.75 bits per heavy atom. The topological polar surface area (TPSA) is 73.6 Å². The summed E-state index contributed by atoms with van der Waals surface area (Å²) in [5.41, 5.74) is 4.89. The molecule has 5 nitrogen and oxygen atoms in total. The van der Waals surface area contributed by atoms with Gasteiger partial charge in [-0.1, -0.05) is 0 Å². The second-order valence-corrected chi connectivity index (χ2v) is 2.68. The SMILES string of the molecule is NC(=O)COCC1CNCCO1. The molecule has 1 amide bonds. The molecule has 12 heavy (non-hydrogen) atoms. The van der Waals surface area contributed by atoms with Gasteiger partial charge in [-0.3, -0.25) is 4.79 Å². The Kier molecular flexibility index (Phi) is 3.99. The van der Waals surface area contributed by atoms with Gasteiger partial charge < -0.3 is 20.5 Å². The Bertz CT molecular complexity index is 146. The van der Waals surface area contributed by atoms with Gasteiger partial charge in [0.25, 0.3) is 0 Å². The van der Waals surface area contributed by atoms with Crippen molar-refractivity contribution in [2.45, 2.75) is 6.10 Å². The van der Waals surface area contributed by atoms with Gasteiger partial charge in [0, 0.05) is 13.1 Å². The fourth-order valence-corrected chi connectivity index (χ4v) is 1.02. The number of rotatable bonds is 4. The second-order valence-electron chi connectivity index (χ2n) is 2.68. The number of morpholine rings is 1. The monoisotopic (exact) mass is 174 g/mol. The van der Waals surface area contributed by atoms with Gasteiger partial charge in [-0.2, -0.15) is 0 Å². The van der Waals surface area contributed by atoms with Crippen molar-refractivity contribution in [3.05, 3.63) is 0 Å². The smallest absolute Gasteiger partial charge is 0.243 e. The highest BCUT2D eigenvalue weighted by atomic mass is 16.5. The molecule has 1 heterocycles. The zero-order chi connectivity index (χ0) is 8.81. The van der Waals surface area contributed by atoms with E-state index in [-0.39, 0.29) is 12.7 Å². The zero-order valence-corrected chi connectivity index (χ0v) is 6.91. The lowest BCUT2D eigenvalue weighted by Crippen LogP contribution is -2.41. The fourth-order valence-electron chi connectivity index (χ4n) is 1.02. The molecule has 1 rings (SSSR count). The van der Waals surface area contributed by atoms with Gasteiger partial charge in [-0.25, -0.2) is 0 Å². The Morgan fingerprint density at radius 2 is 2.58 bits per heavy atom. The van der Waals surface area contributed by atoms with E-state index in [4.69, 9.17) is 15.2 Å². The molecular weight excluding hydrogens is 160 g/mol. The number of nitrogens with one attached hydrogen (secondary N) is 1. The number of nitrogens with two attached hydrogens (primary N) is 1. The number of ether oxygens (including phenoxy) is 2. The van der Waals surface area contributed by atoms with Crippen LogP contribution in [0.4, 0.5) is 0 Å².